The Labute approximate surface area is 410 Å². The Hall–Kier alpha value is -9.24. The fourth-order valence-electron chi connectivity index (χ4n) is 13.3. The lowest BCUT2D eigenvalue weighted by molar-refractivity contribution is 0.795. The molecule has 14 aromatic rings. The first-order valence-electron chi connectivity index (χ1n) is 24.8. The molecule has 16 rings (SSSR count). The second-order valence-electron chi connectivity index (χ2n) is 19.5. The smallest absolute Gasteiger partial charge is 0.0726 e. The van der Waals surface area contributed by atoms with E-state index in [1.54, 1.807) is 0 Å². The number of hydrogen-bond donors (Lipinski definition) is 0. The summed E-state index contributed by atoms with van der Waals surface area (Å²) in [6.45, 7) is 0. The number of hydrogen-bond acceptors (Lipinski definition) is 0. The van der Waals surface area contributed by atoms with Gasteiger partial charge < -0.3 is 9.13 Å². The van der Waals surface area contributed by atoms with Gasteiger partial charge in [-0.15, -0.1) is 0 Å². The second kappa shape index (κ2) is 14.4. The number of rotatable bonds is 4. The van der Waals surface area contributed by atoms with Gasteiger partial charge in [0, 0.05) is 32.9 Å². The molecule has 0 atom stereocenters. The molecule has 328 valence electrons. The van der Waals surface area contributed by atoms with Crippen molar-refractivity contribution in [2.24, 2.45) is 0 Å². The third-order valence-corrected chi connectivity index (χ3v) is 16.1. The van der Waals surface area contributed by atoms with E-state index < -0.39 is 5.41 Å². The van der Waals surface area contributed by atoms with Gasteiger partial charge in [0.2, 0.25) is 0 Å². The third-order valence-electron chi connectivity index (χ3n) is 16.1. The molecular weight excluding hydrogens is 857 g/mol. The molecule has 12 aromatic carbocycles. The number of fused-ring (bicyclic) bond motifs is 20. The highest BCUT2D eigenvalue weighted by Gasteiger charge is 2.53. The predicted octanol–water partition coefficient (Wildman–Crippen LogP) is 17.9. The molecule has 0 saturated carbocycles. The average Bonchev–Trinajstić information content (AvgIpc) is 4.15. The van der Waals surface area contributed by atoms with E-state index in [1.807, 2.05) is 0 Å². The summed E-state index contributed by atoms with van der Waals surface area (Å²) >= 11 is 0. The molecule has 0 radical (unpaired) electrons. The van der Waals surface area contributed by atoms with Crippen molar-refractivity contribution in [3.8, 4) is 55.9 Å². The van der Waals surface area contributed by atoms with Crippen LogP contribution < -0.4 is 0 Å². The zero-order valence-corrected chi connectivity index (χ0v) is 38.6. The molecule has 2 heterocycles. The highest BCUT2D eigenvalue weighted by Crippen LogP contribution is 2.66. The van der Waals surface area contributed by atoms with Gasteiger partial charge in [-0.1, -0.05) is 206 Å². The fourth-order valence-corrected chi connectivity index (χ4v) is 13.3. The summed E-state index contributed by atoms with van der Waals surface area (Å²) < 4.78 is 5.00. The van der Waals surface area contributed by atoms with Crippen LogP contribution >= 0.6 is 0 Å². The van der Waals surface area contributed by atoms with Crippen molar-refractivity contribution in [2.75, 3.05) is 0 Å². The third kappa shape index (κ3) is 5.10. The zero-order valence-electron chi connectivity index (χ0n) is 38.6. The van der Waals surface area contributed by atoms with E-state index in [0.29, 0.717) is 0 Å². The second-order valence-corrected chi connectivity index (χ2v) is 19.5. The molecule has 0 aliphatic heterocycles. The summed E-state index contributed by atoms with van der Waals surface area (Å²) in [6, 6.07) is 95.3. The predicted molar refractivity (Wildman–Crippen MR) is 297 cm³/mol. The Kier molecular flexibility index (Phi) is 7.85. The van der Waals surface area contributed by atoms with Gasteiger partial charge in [0.05, 0.1) is 27.5 Å². The van der Waals surface area contributed by atoms with Crippen LogP contribution in [0.4, 0.5) is 0 Å². The molecule has 0 N–H and O–H groups in total. The van der Waals surface area contributed by atoms with E-state index in [2.05, 4.69) is 264 Å². The van der Waals surface area contributed by atoms with E-state index in [4.69, 9.17) is 0 Å². The van der Waals surface area contributed by atoms with E-state index in [9.17, 15) is 0 Å². The van der Waals surface area contributed by atoms with Crippen molar-refractivity contribution < 1.29 is 0 Å². The molecule has 71 heavy (non-hydrogen) atoms. The summed E-state index contributed by atoms with van der Waals surface area (Å²) in [4.78, 5) is 0. The zero-order chi connectivity index (χ0) is 46.4. The van der Waals surface area contributed by atoms with Gasteiger partial charge >= 0.3 is 0 Å². The van der Waals surface area contributed by atoms with Crippen LogP contribution in [0.1, 0.15) is 22.3 Å². The van der Waals surface area contributed by atoms with Gasteiger partial charge in [0.1, 0.15) is 0 Å². The molecule has 0 unspecified atom stereocenters. The highest BCUT2D eigenvalue weighted by molar-refractivity contribution is 6.26. The van der Waals surface area contributed by atoms with Crippen molar-refractivity contribution in [1.82, 2.24) is 9.13 Å². The summed E-state index contributed by atoms with van der Waals surface area (Å²) in [5, 5.41) is 10.1. The largest absolute Gasteiger partial charge is 0.309 e. The first-order valence-corrected chi connectivity index (χ1v) is 24.8. The highest BCUT2D eigenvalue weighted by atomic mass is 15.0. The minimum absolute atomic E-state index is 0.521. The first kappa shape index (κ1) is 38.7. The number of benzene rings is 12. The van der Waals surface area contributed by atoms with Crippen LogP contribution in [0.5, 0.6) is 0 Å². The Bertz CT molecular complexity index is 4260. The SMILES string of the molecule is c1ccc2c(c1)-c1ccccc1C21c2ccc3c(c2-c2c1ccc1c2c2ccccc2n1-c1ccc(-c2cccc4ccccc24)cc1)c1ccccc1n3-c1ccc(-c2cccc3ccccc23)cc1. The molecule has 2 aliphatic rings. The topological polar surface area (TPSA) is 9.86 Å². The van der Waals surface area contributed by atoms with E-state index in [-0.39, 0.29) is 0 Å². The lowest BCUT2D eigenvalue weighted by atomic mass is 9.70. The lowest BCUT2D eigenvalue weighted by Gasteiger charge is -2.30. The molecule has 0 amide bonds. The molecule has 2 aliphatic carbocycles. The summed E-state index contributed by atoms with van der Waals surface area (Å²) in [6.07, 6.45) is 0. The quantitative estimate of drug-likeness (QED) is 0.167. The molecule has 1 spiro atoms. The van der Waals surface area contributed by atoms with Crippen LogP contribution in [-0.2, 0) is 5.41 Å². The van der Waals surface area contributed by atoms with Crippen molar-refractivity contribution in [3.05, 3.63) is 277 Å². The summed E-state index contributed by atoms with van der Waals surface area (Å²) in [7, 11) is 0. The van der Waals surface area contributed by atoms with Crippen LogP contribution in [0.3, 0.4) is 0 Å². The average molecular weight is 899 g/mol. The Balaban J connectivity index is 0.986. The minimum atomic E-state index is -0.521. The molecule has 2 nitrogen and oxygen atoms in total. The van der Waals surface area contributed by atoms with Gasteiger partial charge in [-0.2, -0.15) is 0 Å². The Morgan fingerprint density at radius 3 is 1.07 bits per heavy atom. The standard InChI is InChI=1S/C69H42N2/c1-3-19-49-43(15-1)17-13-25-51(49)45-31-35-47(36-32-45)70-61-29-11-7-23-55(61)65-63(70)41-39-59-67(65)68-60(69(59)57-27-9-5-21-53(57)54-22-6-10-28-58(54)69)40-42-64-66(68)56-24-8-12-30-62(56)71(64)48-37-33-46(34-38-48)52-26-14-18-44-16-2-4-20-50(44)52/h1-42H. The van der Waals surface area contributed by atoms with Crippen molar-refractivity contribution in [3.63, 3.8) is 0 Å². The van der Waals surface area contributed by atoms with Crippen LogP contribution in [0.25, 0.3) is 121 Å². The lowest BCUT2D eigenvalue weighted by Crippen LogP contribution is -2.25. The van der Waals surface area contributed by atoms with Crippen LogP contribution in [0, 0.1) is 0 Å². The van der Waals surface area contributed by atoms with Crippen LogP contribution in [0.15, 0.2) is 255 Å². The monoisotopic (exact) mass is 898 g/mol. The van der Waals surface area contributed by atoms with E-state index in [0.717, 1.165) is 11.4 Å². The summed E-state index contributed by atoms with van der Waals surface area (Å²) in [5.41, 5.74) is 22.1. The van der Waals surface area contributed by atoms with E-state index in [1.165, 1.54) is 132 Å². The maximum absolute atomic E-state index is 2.50. The fraction of sp³-hybridized carbons (Fsp3) is 0.0145. The number of nitrogens with zero attached hydrogens (tertiary/aromatic N) is 2. The normalized spacial score (nSPS) is 13.2. The molecular formula is C69H42N2. The molecule has 0 fully saturated rings. The Morgan fingerprint density at radius 1 is 0.239 bits per heavy atom. The van der Waals surface area contributed by atoms with Gasteiger partial charge in [-0.25, -0.2) is 0 Å². The van der Waals surface area contributed by atoms with Gasteiger partial charge in [-0.3, -0.25) is 0 Å². The first-order chi connectivity index (χ1) is 35.3. The van der Waals surface area contributed by atoms with Gasteiger partial charge in [-0.05, 0) is 137 Å². The van der Waals surface area contributed by atoms with E-state index >= 15 is 0 Å². The van der Waals surface area contributed by atoms with Gasteiger partial charge in [0.15, 0.2) is 0 Å². The van der Waals surface area contributed by atoms with Gasteiger partial charge in [0.25, 0.3) is 0 Å². The molecule has 2 heteroatoms. The maximum Gasteiger partial charge on any atom is 0.0726 e. The van der Waals surface area contributed by atoms with Crippen LogP contribution in [-0.4, -0.2) is 9.13 Å². The Morgan fingerprint density at radius 2 is 0.606 bits per heavy atom. The van der Waals surface area contributed by atoms with Crippen molar-refractivity contribution >= 4 is 65.2 Å². The van der Waals surface area contributed by atoms with Crippen LogP contribution in [0.2, 0.25) is 0 Å². The van der Waals surface area contributed by atoms with Crippen molar-refractivity contribution in [1.29, 1.82) is 0 Å². The number of para-hydroxylation sites is 2. The summed E-state index contributed by atoms with van der Waals surface area (Å²) in [5.74, 6) is 0. The molecule has 0 bridgehead atoms. The molecule has 2 aromatic heterocycles. The molecule has 0 saturated heterocycles. The minimum Gasteiger partial charge on any atom is -0.309 e. The van der Waals surface area contributed by atoms with Crippen molar-refractivity contribution in [2.45, 2.75) is 5.41 Å². The number of aromatic nitrogens is 2. The maximum atomic E-state index is 2.50.